The van der Waals surface area contributed by atoms with Gasteiger partial charge < -0.3 is 10.1 Å². The predicted molar refractivity (Wildman–Crippen MR) is 106 cm³/mol. The number of ether oxygens (including phenoxy) is 1. The summed E-state index contributed by atoms with van der Waals surface area (Å²) in [4.78, 5) is 2.68. The highest BCUT2D eigenvalue weighted by molar-refractivity contribution is 5.67. The molecule has 1 saturated carbocycles. The van der Waals surface area contributed by atoms with Crippen LogP contribution in [0.4, 0.5) is 5.69 Å². The molecule has 1 aliphatic carbocycles. The van der Waals surface area contributed by atoms with E-state index in [-0.39, 0.29) is 5.54 Å². The van der Waals surface area contributed by atoms with Crippen molar-refractivity contribution in [2.45, 2.75) is 63.8 Å². The Morgan fingerprint density at radius 2 is 1.89 bits per heavy atom. The van der Waals surface area contributed by atoms with Gasteiger partial charge in [0.2, 0.25) is 5.65 Å². The molecule has 2 aliphatic rings. The van der Waals surface area contributed by atoms with E-state index in [0.717, 1.165) is 49.9 Å². The lowest BCUT2D eigenvalue weighted by atomic mass is 9.87. The summed E-state index contributed by atoms with van der Waals surface area (Å²) < 4.78 is 7.42. The van der Waals surface area contributed by atoms with E-state index < -0.39 is 0 Å². The summed E-state index contributed by atoms with van der Waals surface area (Å²) in [6.45, 7) is 9.06. The van der Waals surface area contributed by atoms with Gasteiger partial charge in [-0.1, -0.05) is 39.5 Å². The van der Waals surface area contributed by atoms with Crippen molar-refractivity contribution < 1.29 is 4.74 Å². The third kappa shape index (κ3) is 3.94. The second-order valence-electron chi connectivity index (χ2n) is 8.33. The van der Waals surface area contributed by atoms with Gasteiger partial charge in [-0.2, -0.15) is 9.61 Å². The van der Waals surface area contributed by atoms with Crippen LogP contribution >= 0.6 is 0 Å². The number of fused-ring (bicyclic) bond motifs is 1. The van der Waals surface area contributed by atoms with E-state index in [9.17, 15) is 0 Å². The standard InChI is InChI=1S/C20H32N6O/c1-16(2)17-13-18(19-23-22-15-26(19)24-17)21-14-20(7-5-3-4-6-8-20)25-9-11-27-12-10-25/h13,15-16,21H,3-12,14H2,1-2H3. The van der Waals surface area contributed by atoms with Crippen molar-refractivity contribution in [2.24, 2.45) is 0 Å². The van der Waals surface area contributed by atoms with Crippen LogP contribution in [-0.4, -0.2) is 63.1 Å². The first-order valence-corrected chi connectivity index (χ1v) is 10.5. The van der Waals surface area contributed by atoms with Crippen molar-refractivity contribution >= 4 is 11.3 Å². The Bertz CT molecular complexity index is 744. The van der Waals surface area contributed by atoms with Crippen molar-refractivity contribution in [3.8, 4) is 0 Å². The minimum atomic E-state index is 0.207. The average Bonchev–Trinajstić information content (AvgIpc) is 3.04. The topological polar surface area (TPSA) is 67.6 Å². The van der Waals surface area contributed by atoms with Crippen molar-refractivity contribution in [1.82, 2.24) is 24.7 Å². The first kappa shape index (κ1) is 18.6. The largest absolute Gasteiger partial charge is 0.380 e. The molecule has 1 saturated heterocycles. The maximum Gasteiger partial charge on any atom is 0.200 e. The third-order valence-electron chi connectivity index (χ3n) is 6.20. The van der Waals surface area contributed by atoms with Crippen LogP contribution in [0.2, 0.25) is 0 Å². The molecule has 7 heteroatoms. The highest BCUT2D eigenvalue weighted by Crippen LogP contribution is 2.34. The summed E-state index contributed by atoms with van der Waals surface area (Å²) in [5, 5.41) is 16.7. The van der Waals surface area contributed by atoms with E-state index in [1.54, 1.807) is 10.8 Å². The molecule has 148 valence electrons. The number of hydrogen-bond acceptors (Lipinski definition) is 6. The molecular formula is C20H32N6O. The Hall–Kier alpha value is -1.73. The van der Waals surface area contributed by atoms with Gasteiger partial charge in [-0.3, -0.25) is 4.90 Å². The van der Waals surface area contributed by atoms with Gasteiger partial charge in [0.05, 0.1) is 24.6 Å². The van der Waals surface area contributed by atoms with Gasteiger partial charge in [-0.15, -0.1) is 10.2 Å². The minimum Gasteiger partial charge on any atom is -0.380 e. The third-order valence-corrected chi connectivity index (χ3v) is 6.20. The number of hydrogen-bond donors (Lipinski definition) is 1. The van der Waals surface area contributed by atoms with Gasteiger partial charge in [0.15, 0.2) is 0 Å². The Morgan fingerprint density at radius 1 is 1.15 bits per heavy atom. The number of nitrogens with one attached hydrogen (secondary N) is 1. The SMILES string of the molecule is CC(C)c1cc(NCC2(N3CCOCC3)CCCCCC2)c2nncn2n1. The van der Waals surface area contributed by atoms with Crippen molar-refractivity contribution in [3.63, 3.8) is 0 Å². The Labute approximate surface area is 161 Å². The molecule has 1 N–H and O–H groups in total. The first-order chi connectivity index (χ1) is 13.2. The van der Waals surface area contributed by atoms with E-state index >= 15 is 0 Å². The van der Waals surface area contributed by atoms with Crippen LogP contribution in [0.15, 0.2) is 12.4 Å². The molecule has 1 aliphatic heterocycles. The molecule has 27 heavy (non-hydrogen) atoms. The number of rotatable bonds is 5. The second-order valence-corrected chi connectivity index (χ2v) is 8.33. The summed E-state index contributed by atoms with van der Waals surface area (Å²) in [6, 6.07) is 2.15. The smallest absolute Gasteiger partial charge is 0.200 e. The van der Waals surface area contributed by atoms with Crippen LogP contribution in [0.25, 0.3) is 5.65 Å². The van der Waals surface area contributed by atoms with Gasteiger partial charge in [0.1, 0.15) is 6.33 Å². The fourth-order valence-corrected chi connectivity index (χ4v) is 4.55. The molecule has 2 aromatic rings. The van der Waals surface area contributed by atoms with Crippen molar-refractivity contribution in [1.29, 1.82) is 0 Å². The average molecular weight is 373 g/mol. The molecule has 2 fully saturated rings. The summed E-state index contributed by atoms with van der Waals surface area (Å²) in [7, 11) is 0. The van der Waals surface area contributed by atoms with Gasteiger partial charge in [-0.25, -0.2) is 0 Å². The van der Waals surface area contributed by atoms with E-state index in [2.05, 4.69) is 45.4 Å². The van der Waals surface area contributed by atoms with E-state index in [0.29, 0.717) is 5.92 Å². The van der Waals surface area contributed by atoms with Crippen molar-refractivity contribution in [3.05, 3.63) is 18.1 Å². The highest BCUT2D eigenvalue weighted by Gasteiger charge is 2.37. The van der Waals surface area contributed by atoms with E-state index in [4.69, 9.17) is 4.74 Å². The quantitative estimate of drug-likeness (QED) is 0.814. The zero-order valence-electron chi connectivity index (χ0n) is 16.7. The number of morpholine rings is 1. The molecule has 7 nitrogen and oxygen atoms in total. The van der Waals surface area contributed by atoms with Gasteiger partial charge in [0, 0.05) is 25.2 Å². The first-order valence-electron chi connectivity index (χ1n) is 10.5. The maximum absolute atomic E-state index is 5.63. The summed E-state index contributed by atoms with van der Waals surface area (Å²) >= 11 is 0. The molecular weight excluding hydrogens is 340 g/mol. The highest BCUT2D eigenvalue weighted by atomic mass is 16.5. The number of nitrogens with zero attached hydrogens (tertiary/aromatic N) is 5. The molecule has 0 spiro atoms. The molecule has 0 unspecified atom stereocenters. The monoisotopic (exact) mass is 372 g/mol. The number of aromatic nitrogens is 4. The summed E-state index contributed by atoms with van der Waals surface area (Å²) in [5.41, 5.74) is 3.12. The Morgan fingerprint density at radius 3 is 2.59 bits per heavy atom. The van der Waals surface area contributed by atoms with E-state index in [1.165, 1.54) is 38.5 Å². The normalized spacial score (nSPS) is 21.4. The second kappa shape index (κ2) is 8.10. The van der Waals surface area contributed by atoms with Crippen LogP contribution in [0.3, 0.4) is 0 Å². The molecule has 4 rings (SSSR count). The maximum atomic E-state index is 5.63. The molecule has 0 aromatic carbocycles. The Kier molecular flexibility index (Phi) is 5.59. The van der Waals surface area contributed by atoms with Gasteiger partial charge >= 0.3 is 0 Å². The van der Waals surface area contributed by atoms with Crippen molar-refractivity contribution in [2.75, 3.05) is 38.2 Å². The van der Waals surface area contributed by atoms with Crippen LogP contribution in [0, 0.1) is 0 Å². The lowest BCUT2D eigenvalue weighted by Gasteiger charge is -2.46. The van der Waals surface area contributed by atoms with Crippen LogP contribution < -0.4 is 5.32 Å². The van der Waals surface area contributed by atoms with Crippen LogP contribution in [0.5, 0.6) is 0 Å². The molecule has 3 heterocycles. The van der Waals surface area contributed by atoms with E-state index in [1.807, 2.05) is 0 Å². The lowest BCUT2D eigenvalue weighted by molar-refractivity contribution is -0.0240. The Balaban J connectivity index is 1.60. The fourth-order valence-electron chi connectivity index (χ4n) is 4.55. The molecule has 0 amide bonds. The van der Waals surface area contributed by atoms with Gasteiger partial charge in [-0.05, 0) is 24.8 Å². The fraction of sp³-hybridized carbons (Fsp3) is 0.750. The summed E-state index contributed by atoms with van der Waals surface area (Å²) in [6.07, 6.45) is 9.53. The predicted octanol–water partition coefficient (Wildman–Crippen LogP) is 3.08. The zero-order valence-corrected chi connectivity index (χ0v) is 16.7. The zero-order chi connectivity index (χ0) is 18.7. The molecule has 0 bridgehead atoms. The molecule has 2 aromatic heterocycles. The van der Waals surface area contributed by atoms with Crippen LogP contribution in [0.1, 0.15) is 64.0 Å². The van der Waals surface area contributed by atoms with Crippen LogP contribution in [-0.2, 0) is 4.74 Å². The number of anilines is 1. The minimum absolute atomic E-state index is 0.207. The summed E-state index contributed by atoms with van der Waals surface area (Å²) in [5.74, 6) is 0.364. The van der Waals surface area contributed by atoms with Gasteiger partial charge in [0.25, 0.3) is 0 Å². The lowest BCUT2D eigenvalue weighted by Crippen LogP contribution is -2.56. The molecule has 0 radical (unpaired) electrons. The molecule has 0 atom stereocenters.